The van der Waals surface area contributed by atoms with E-state index in [0.29, 0.717) is 25.3 Å². The van der Waals surface area contributed by atoms with Crippen molar-refractivity contribution in [2.24, 2.45) is 0 Å². The Hall–Kier alpha value is -2.93. The molecule has 0 bridgehead atoms. The van der Waals surface area contributed by atoms with Crippen LogP contribution in [0.15, 0.2) is 42.7 Å². The summed E-state index contributed by atoms with van der Waals surface area (Å²) in [6.07, 6.45) is 3.19. The van der Waals surface area contributed by atoms with Crippen molar-refractivity contribution in [1.82, 2.24) is 19.9 Å². The van der Waals surface area contributed by atoms with Crippen molar-refractivity contribution in [3.8, 4) is 5.75 Å². The van der Waals surface area contributed by atoms with E-state index in [-0.39, 0.29) is 11.9 Å². The zero-order valence-electron chi connectivity index (χ0n) is 13.8. The Morgan fingerprint density at radius 2 is 2.36 bits per heavy atom. The fourth-order valence-electron chi connectivity index (χ4n) is 3.08. The number of rotatable bonds is 4. The number of pyridine rings is 1. The lowest BCUT2D eigenvalue weighted by atomic mass is 10.2. The molecule has 0 radical (unpaired) electrons. The van der Waals surface area contributed by atoms with Gasteiger partial charge in [-0.3, -0.25) is 9.78 Å². The molecule has 128 valence electrons. The Balaban J connectivity index is 1.59. The van der Waals surface area contributed by atoms with Gasteiger partial charge in [-0.15, -0.1) is 0 Å². The smallest absolute Gasteiger partial charge is 0.252 e. The highest BCUT2D eigenvalue weighted by molar-refractivity contribution is 5.93. The van der Waals surface area contributed by atoms with Crippen molar-refractivity contribution in [2.45, 2.75) is 12.6 Å². The van der Waals surface area contributed by atoms with E-state index in [4.69, 9.17) is 9.47 Å². The van der Waals surface area contributed by atoms with E-state index < -0.39 is 0 Å². The van der Waals surface area contributed by atoms with Crippen LogP contribution in [0.5, 0.6) is 5.75 Å². The summed E-state index contributed by atoms with van der Waals surface area (Å²) in [5.41, 5.74) is 2.42. The van der Waals surface area contributed by atoms with Crippen molar-refractivity contribution < 1.29 is 14.3 Å². The van der Waals surface area contributed by atoms with Gasteiger partial charge < -0.3 is 19.4 Å². The predicted molar refractivity (Wildman–Crippen MR) is 91.5 cm³/mol. The third-order valence-corrected chi connectivity index (χ3v) is 4.30. The maximum atomic E-state index is 12.3. The molecule has 25 heavy (non-hydrogen) atoms. The number of methoxy groups -OCH3 is 1. The zero-order chi connectivity index (χ0) is 17.2. The number of nitrogens with one attached hydrogen (secondary N) is 1. The second kappa shape index (κ2) is 6.52. The Morgan fingerprint density at radius 3 is 3.16 bits per heavy atom. The molecule has 7 heteroatoms. The Bertz CT molecular complexity index is 907. The van der Waals surface area contributed by atoms with Crippen molar-refractivity contribution in [2.75, 3.05) is 20.3 Å². The quantitative estimate of drug-likeness (QED) is 0.786. The number of fused-ring (bicyclic) bond motifs is 3. The van der Waals surface area contributed by atoms with Crippen LogP contribution in [0, 0.1) is 0 Å². The molecule has 0 fully saturated rings. The first kappa shape index (κ1) is 15.6. The lowest BCUT2D eigenvalue weighted by molar-refractivity contribution is 0.0553. The number of imidazole rings is 1. The van der Waals surface area contributed by atoms with Crippen molar-refractivity contribution in [3.63, 3.8) is 0 Å². The maximum Gasteiger partial charge on any atom is 0.252 e. The van der Waals surface area contributed by atoms with E-state index >= 15 is 0 Å². The Kier molecular flexibility index (Phi) is 4.07. The monoisotopic (exact) mass is 338 g/mol. The number of hydrogen-bond acceptors (Lipinski definition) is 5. The van der Waals surface area contributed by atoms with Crippen molar-refractivity contribution in [3.05, 3.63) is 54.1 Å². The van der Waals surface area contributed by atoms with E-state index in [2.05, 4.69) is 19.9 Å². The lowest BCUT2D eigenvalue weighted by Crippen LogP contribution is -2.35. The van der Waals surface area contributed by atoms with Crippen LogP contribution < -0.4 is 10.1 Å². The number of aromatic nitrogens is 3. The molecule has 1 N–H and O–H groups in total. The lowest BCUT2D eigenvalue weighted by Gasteiger charge is -2.26. The Morgan fingerprint density at radius 1 is 1.44 bits per heavy atom. The van der Waals surface area contributed by atoms with Gasteiger partial charge in [0.2, 0.25) is 0 Å². The molecular formula is C18H18N4O3. The minimum Gasteiger partial charge on any atom is -0.497 e. The first-order chi connectivity index (χ1) is 12.3. The average molecular weight is 338 g/mol. The molecule has 0 aliphatic carbocycles. The summed E-state index contributed by atoms with van der Waals surface area (Å²) >= 11 is 0. The van der Waals surface area contributed by atoms with Crippen LogP contribution in [0.3, 0.4) is 0 Å². The fourth-order valence-corrected chi connectivity index (χ4v) is 3.08. The van der Waals surface area contributed by atoms with Crippen LogP contribution in [0.1, 0.15) is 22.2 Å². The predicted octanol–water partition coefficient (Wildman–Crippen LogP) is 1.94. The molecule has 3 aromatic rings. The van der Waals surface area contributed by atoms with Crippen LogP contribution in [0.4, 0.5) is 0 Å². The van der Waals surface area contributed by atoms with Gasteiger partial charge in [-0.1, -0.05) is 0 Å². The van der Waals surface area contributed by atoms with Crippen LogP contribution >= 0.6 is 0 Å². The highest BCUT2D eigenvalue weighted by atomic mass is 16.5. The molecule has 0 unspecified atom stereocenters. The van der Waals surface area contributed by atoms with Crippen molar-refractivity contribution >= 4 is 16.9 Å². The number of carbonyl (C=O) groups is 1. The number of nitrogens with zero attached hydrogens (tertiary/aromatic N) is 3. The number of benzene rings is 1. The first-order valence-corrected chi connectivity index (χ1v) is 8.07. The standard InChI is InChI=1S/C18H18N4O3/c1-24-14-4-5-15-16(7-14)22-13(10-25-11-17(22)21-15)9-20-18(23)12-3-2-6-19-8-12/h2-8,13H,9-11H2,1H3,(H,20,23)/t13-/m0/s1. The van der Waals surface area contributed by atoms with Crippen LogP contribution in [-0.4, -0.2) is 40.7 Å². The minimum atomic E-state index is -0.151. The molecule has 1 atom stereocenters. The third-order valence-electron chi connectivity index (χ3n) is 4.30. The van der Waals surface area contributed by atoms with E-state index in [1.165, 1.54) is 0 Å². The molecule has 0 spiro atoms. The summed E-state index contributed by atoms with van der Waals surface area (Å²) in [6.45, 7) is 1.43. The summed E-state index contributed by atoms with van der Waals surface area (Å²) in [5, 5.41) is 2.95. The highest BCUT2D eigenvalue weighted by Gasteiger charge is 2.24. The van der Waals surface area contributed by atoms with Gasteiger partial charge in [0.25, 0.3) is 5.91 Å². The number of hydrogen-bond donors (Lipinski definition) is 1. The summed E-state index contributed by atoms with van der Waals surface area (Å²) < 4.78 is 13.1. The van der Waals surface area contributed by atoms with Gasteiger partial charge in [0.05, 0.1) is 36.4 Å². The summed E-state index contributed by atoms with van der Waals surface area (Å²) in [6, 6.07) is 9.25. The van der Waals surface area contributed by atoms with Gasteiger partial charge in [0, 0.05) is 25.0 Å². The molecule has 7 nitrogen and oxygen atoms in total. The largest absolute Gasteiger partial charge is 0.497 e. The zero-order valence-corrected chi connectivity index (χ0v) is 13.8. The van der Waals surface area contributed by atoms with Crippen LogP contribution in [0.2, 0.25) is 0 Å². The average Bonchev–Trinajstić information content (AvgIpc) is 3.05. The van der Waals surface area contributed by atoms with Gasteiger partial charge in [-0.2, -0.15) is 0 Å². The molecule has 1 aliphatic rings. The van der Waals surface area contributed by atoms with E-state index in [1.54, 1.807) is 31.6 Å². The Labute approximate surface area is 144 Å². The summed E-state index contributed by atoms with van der Waals surface area (Å²) in [4.78, 5) is 20.9. The topological polar surface area (TPSA) is 78.3 Å². The van der Waals surface area contributed by atoms with Crippen LogP contribution in [0.25, 0.3) is 11.0 Å². The van der Waals surface area contributed by atoms with Gasteiger partial charge in [-0.05, 0) is 24.3 Å². The SMILES string of the molecule is COc1ccc2nc3n(c2c1)[C@@H](CNC(=O)c1cccnc1)COC3. The maximum absolute atomic E-state index is 12.3. The normalized spacial score (nSPS) is 16.4. The van der Waals surface area contributed by atoms with Crippen molar-refractivity contribution in [1.29, 1.82) is 0 Å². The van der Waals surface area contributed by atoms with Gasteiger partial charge in [0.1, 0.15) is 18.2 Å². The molecule has 2 aromatic heterocycles. The van der Waals surface area contributed by atoms with Gasteiger partial charge in [0.15, 0.2) is 0 Å². The molecule has 3 heterocycles. The van der Waals surface area contributed by atoms with E-state index in [9.17, 15) is 4.79 Å². The minimum absolute atomic E-state index is 0.0264. The molecule has 1 amide bonds. The summed E-state index contributed by atoms with van der Waals surface area (Å²) in [5.74, 6) is 1.48. The molecule has 1 aromatic carbocycles. The molecule has 1 aliphatic heterocycles. The third kappa shape index (κ3) is 2.94. The van der Waals surface area contributed by atoms with Gasteiger partial charge >= 0.3 is 0 Å². The molecule has 0 saturated heterocycles. The molecular weight excluding hydrogens is 320 g/mol. The number of carbonyl (C=O) groups excluding carboxylic acids is 1. The fraction of sp³-hybridized carbons (Fsp3) is 0.278. The number of amides is 1. The van der Waals surface area contributed by atoms with Gasteiger partial charge in [-0.25, -0.2) is 4.98 Å². The first-order valence-electron chi connectivity index (χ1n) is 8.07. The molecule has 0 saturated carbocycles. The second-order valence-electron chi connectivity index (χ2n) is 5.87. The second-order valence-corrected chi connectivity index (χ2v) is 5.87. The van der Waals surface area contributed by atoms with E-state index in [0.717, 1.165) is 22.6 Å². The van der Waals surface area contributed by atoms with E-state index in [1.807, 2.05) is 18.2 Å². The summed E-state index contributed by atoms with van der Waals surface area (Å²) in [7, 11) is 1.64. The number of ether oxygens (including phenoxy) is 2. The van der Waals surface area contributed by atoms with Crippen LogP contribution in [-0.2, 0) is 11.3 Å². The molecule has 4 rings (SSSR count). The highest BCUT2D eigenvalue weighted by Crippen LogP contribution is 2.28.